The fraction of sp³-hybridized carbons (Fsp3) is 0.0625. The number of nitrogens with zero attached hydrogens (tertiary/aromatic N) is 2. The van der Waals surface area contributed by atoms with Crippen LogP contribution in [0.1, 0.15) is 5.56 Å². The standard InChI is InChI=1S/C16H14N4S/c1-11-7-5-6-10-13(11)17-15-14(19-20-16(21)18-15)12-8-3-2-4-9-12/h2-10H,1H3,(H2,17,18,20,21). The van der Waals surface area contributed by atoms with Crippen LogP contribution in [0.15, 0.2) is 54.6 Å². The Balaban J connectivity index is 2.08. The molecule has 2 N–H and O–H groups in total. The molecular formula is C16H14N4S. The molecule has 0 unspecified atom stereocenters. The molecule has 3 rings (SSSR count). The molecule has 0 amide bonds. The van der Waals surface area contributed by atoms with Crippen LogP contribution in [-0.4, -0.2) is 15.2 Å². The Morgan fingerprint density at radius 3 is 2.48 bits per heavy atom. The molecule has 0 spiro atoms. The van der Waals surface area contributed by atoms with E-state index in [4.69, 9.17) is 12.2 Å². The summed E-state index contributed by atoms with van der Waals surface area (Å²) >= 11 is 5.09. The number of aromatic nitrogens is 3. The van der Waals surface area contributed by atoms with Gasteiger partial charge in [0.05, 0.1) is 0 Å². The van der Waals surface area contributed by atoms with E-state index >= 15 is 0 Å². The van der Waals surface area contributed by atoms with Crippen molar-refractivity contribution in [2.75, 3.05) is 5.32 Å². The van der Waals surface area contributed by atoms with Crippen molar-refractivity contribution in [2.45, 2.75) is 6.92 Å². The average Bonchev–Trinajstić information content (AvgIpc) is 2.51. The lowest BCUT2D eigenvalue weighted by Gasteiger charge is -2.11. The normalized spacial score (nSPS) is 10.3. The van der Waals surface area contributed by atoms with E-state index in [1.54, 1.807) is 0 Å². The van der Waals surface area contributed by atoms with Gasteiger partial charge in [0.2, 0.25) is 4.77 Å². The van der Waals surface area contributed by atoms with Crippen LogP contribution < -0.4 is 5.32 Å². The second kappa shape index (κ2) is 5.85. The number of hydrogen-bond donors (Lipinski definition) is 2. The van der Waals surface area contributed by atoms with Gasteiger partial charge in [0.15, 0.2) is 5.82 Å². The smallest absolute Gasteiger partial charge is 0.215 e. The molecule has 0 radical (unpaired) electrons. The topological polar surface area (TPSA) is 53.6 Å². The summed E-state index contributed by atoms with van der Waals surface area (Å²) in [5.74, 6) is 0.652. The van der Waals surface area contributed by atoms with Crippen LogP contribution in [0.3, 0.4) is 0 Å². The minimum Gasteiger partial charge on any atom is -0.338 e. The van der Waals surface area contributed by atoms with Crippen LogP contribution in [0.5, 0.6) is 0 Å². The highest BCUT2D eigenvalue weighted by Crippen LogP contribution is 2.26. The molecule has 1 aromatic heterocycles. The Kier molecular flexibility index (Phi) is 3.75. The number of rotatable bonds is 3. The third-order valence-electron chi connectivity index (χ3n) is 3.15. The van der Waals surface area contributed by atoms with Crippen LogP contribution in [0.4, 0.5) is 11.5 Å². The summed E-state index contributed by atoms with van der Waals surface area (Å²) in [5.41, 5.74) is 3.85. The second-order valence-electron chi connectivity index (χ2n) is 4.64. The Labute approximate surface area is 127 Å². The summed E-state index contributed by atoms with van der Waals surface area (Å²) < 4.78 is 0.353. The van der Waals surface area contributed by atoms with Crippen molar-refractivity contribution < 1.29 is 0 Å². The lowest BCUT2D eigenvalue weighted by Crippen LogP contribution is -2.02. The first-order chi connectivity index (χ1) is 10.2. The van der Waals surface area contributed by atoms with Crippen molar-refractivity contribution in [1.29, 1.82) is 0 Å². The molecule has 0 aliphatic carbocycles. The van der Waals surface area contributed by atoms with E-state index < -0.39 is 0 Å². The monoisotopic (exact) mass is 294 g/mol. The van der Waals surface area contributed by atoms with Gasteiger partial charge in [-0.25, -0.2) is 0 Å². The number of H-pyrrole nitrogens is 1. The zero-order valence-corrected chi connectivity index (χ0v) is 12.3. The zero-order valence-electron chi connectivity index (χ0n) is 11.5. The van der Waals surface area contributed by atoms with Gasteiger partial charge in [-0.3, -0.25) is 5.10 Å². The van der Waals surface area contributed by atoms with Gasteiger partial charge in [0, 0.05) is 11.3 Å². The Morgan fingerprint density at radius 1 is 1.00 bits per heavy atom. The highest BCUT2D eigenvalue weighted by atomic mass is 32.1. The van der Waals surface area contributed by atoms with E-state index in [0.29, 0.717) is 10.6 Å². The zero-order chi connectivity index (χ0) is 14.7. The Hall–Kier alpha value is -2.53. The van der Waals surface area contributed by atoms with Crippen molar-refractivity contribution in [2.24, 2.45) is 0 Å². The minimum absolute atomic E-state index is 0.353. The van der Waals surface area contributed by atoms with Gasteiger partial charge in [0.1, 0.15) is 5.69 Å². The molecule has 104 valence electrons. The van der Waals surface area contributed by atoms with Crippen LogP contribution in [-0.2, 0) is 0 Å². The van der Waals surface area contributed by atoms with Crippen molar-refractivity contribution in [3.63, 3.8) is 0 Å². The molecule has 0 atom stereocenters. The summed E-state index contributed by atoms with van der Waals surface area (Å²) in [7, 11) is 0. The van der Waals surface area contributed by atoms with E-state index in [0.717, 1.165) is 22.5 Å². The summed E-state index contributed by atoms with van der Waals surface area (Å²) in [6.07, 6.45) is 0. The molecule has 0 fully saturated rings. The maximum absolute atomic E-state index is 5.09. The number of aromatic amines is 1. The molecule has 1 heterocycles. The van der Waals surface area contributed by atoms with Gasteiger partial charge in [-0.2, -0.15) is 10.1 Å². The molecule has 3 aromatic rings. The number of anilines is 2. The predicted molar refractivity (Wildman–Crippen MR) is 87.1 cm³/mol. The van der Waals surface area contributed by atoms with Gasteiger partial charge in [-0.15, -0.1) is 0 Å². The minimum atomic E-state index is 0.353. The van der Waals surface area contributed by atoms with Crippen molar-refractivity contribution in [3.8, 4) is 11.3 Å². The highest BCUT2D eigenvalue weighted by Gasteiger charge is 2.09. The third-order valence-corrected chi connectivity index (χ3v) is 3.33. The van der Waals surface area contributed by atoms with E-state index in [9.17, 15) is 0 Å². The fourth-order valence-corrected chi connectivity index (χ4v) is 2.20. The highest BCUT2D eigenvalue weighted by molar-refractivity contribution is 7.71. The van der Waals surface area contributed by atoms with E-state index in [1.807, 2.05) is 61.5 Å². The van der Waals surface area contributed by atoms with Gasteiger partial charge in [0.25, 0.3) is 0 Å². The van der Waals surface area contributed by atoms with Gasteiger partial charge >= 0.3 is 0 Å². The van der Waals surface area contributed by atoms with Gasteiger partial charge < -0.3 is 5.32 Å². The molecule has 0 aliphatic rings. The largest absolute Gasteiger partial charge is 0.338 e. The van der Waals surface area contributed by atoms with E-state index in [-0.39, 0.29) is 0 Å². The van der Waals surface area contributed by atoms with Gasteiger partial charge in [-0.05, 0) is 30.8 Å². The number of nitrogens with one attached hydrogen (secondary N) is 2. The summed E-state index contributed by atoms with van der Waals surface area (Å²) in [5, 5.41) is 10.4. The lowest BCUT2D eigenvalue weighted by atomic mass is 10.1. The molecule has 0 bridgehead atoms. The molecule has 4 nitrogen and oxygen atoms in total. The Bertz CT molecular complexity index is 812. The number of aryl methyl sites for hydroxylation is 1. The first kappa shape index (κ1) is 13.5. The fourth-order valence-electron chi connectivity index (χ4n) is 2.06. The van der Waals surface area contributed by atoms with E-state index in [2.05, 4.69) is 20.5 Å². The van der Waals surface area contributed by atoms with E-state index in [1.165, 1.54) is 0 Å². The summed E-state index contributed by atoms with van der Waals surface area (Å²) in [4.78, 5) is 4.37. The number of benzene rings is 2. The molecule has 0 saturated carbocycles. The first-order valence-corrected chi connectivity index (χ1v) is 6.99. The number of para-hydroxylation sites is 1. The molecule has 5 heteroatoms. The van der Waals surface area contributed by atoms with Crippen molar-refractivity contribution in [3.05, 3.63) is 64.9 Å². The average molecular weight is 294 g/mol. The maximum atomic E-state index is 5.09. The summed E-state index contributed by atoms with van der Waals surface area (Å²) in [6.45, 7) is 2.04. The van der Waals surface area contributed by atoms with Crippen LogP contribution in [0.25, 0.3) is 11.3 Å². The second-order valence-corrected chi connectivity index (χ2v) is 5.03. The molecule has 2 aromatic carbocycles. The number of hydrogen-bond acceptors (Lipinski definition) is 4. The maximum Gasteiger partial charge on any atom is 0.215 e. The SMILES string of the molecule is Cc1ccccc1Nc1nc(=S)[nH]nc1-c1ccccc1. The van der Waals surface area contributed by atoms with Gasteiger partial charge in [-0.1, -0.05) is 48.5 Å². The quantitative estimate of drug-likeness (QED) is 0.709. The first-order valence-electron chi connectivity index (χ1n) is 6.59. The molecule has 21 heavy (non-hydrogen) atoms. The van der Waals surface area contributed by atoms with Crippen LogP contribution in [0, 0.1) is 11.7 Å². The molecular weight excluding hydrogens is 280 g/mol. The lowest BCUT2D eigenvalue weighted by molar-refractivity contribution is 0.960. The third kappa shape index (κ3) is 2.98. The molecule has 0 aliphatic heterocycles. The summed E-state index contributed by atoms with van der Waals surface area (Å²) in [6, 6.07) is 17.9. The van der Waals surface area contributed by atoms with Crippen molar-refractivity contribution >= 4 is 23.7 Å². The van der Waals surface area contributed by atoms with Crippen LogP contribution >= 0.6 is 12.2 Å². The predicted octanol–water partition coefficient (Wildman–Crippen LogP) is 4.25. The van der Waals surface area contributed by atoms with Crippen LogP contribution in [0.2, 0.25) is 0 Å². The molecule has 0 saturated heterocycles. The van der Waals surface area contributed by atoms with Crippen molar-refractivity contribution in [1.82, 2.24) is 15.2 Å². The Morgan fingerprint density at radius 2 is 1.71 bits per heavy atom.